The van der Waals surface area contributed by atoms with Crippen molar-refractivity contribution in [1.29, 1.82) is 0 Å². The molecule has 0 aromatic heterocycles. The van der Waals surface area contributed by atoms with Crippen LogP contribution < -0.4 is 14.8 Å². The maximum atomic E-state index is 13.5. The van der Waals surface area contributed by atoms with Crippen LogP contribution in [-0.2, 0) is 27.2 Å². The molecule has 0 aliphatic carbocycles. The van der Waals surface area contributed by atoms with E-state index in [4.69, 9.17) is 14.2 Å². The lowest BCUT2D eigenvalue weighted by Crippen LogP contribution is -2.31. The Morgan fingerprint density at radius 1 is 1.14 bits per heavy atom. The van der Waals surface area contributed by atoms with Crippen LogP contribution in [0.1, 0.15) is 25.0 Å². The van der Waals surface area contributed by atoms with Crippen LogP contribution in [0.4, 0.5) is 4.39 Å². The lowest BCUT2D eigenvalue weighted by molar-refractivity contribution is -0.150. The molecule has 0 saturated heterocycles. The highest BCUT2D eigenvalue weighted by atomic mass is 19.1. The lowest BCUT2D eigenvalue weighted by Gasteiger charge is -2.18. The molecule has 0 unspecified atom stereocenters. The summed E-state index contributed by atoms with van der Waals surface area (Å²) in [5.41, 5.74) is 1.22. The lowest BCUT2D eigenvalue weighted by atomic mass is 10.0. The molecule has 0 atom stereocenters. The quantitative estimate of drug-likeness (QED) is 0.689. The Morgan fingerprint density at radius 3 is 2.72 bits per heavy atom. The topological polar surface area (TPSA) is 73.9 Å². The Bertz CT molecular complexity index is 897. The molecule has 1 N–H and O–H groups in total. The second-order valence-corrected chi connectivity index (χ2v) is 7.42. The van der Waals surface area contributed by atoms with Crippen LogP contribution >= 0.6 is 0 Å². The molecule has 0 saturated carbocycles. The Hall–Kier alpha value is -3.09. The molecule has 2 aromatic carbocycles. The van der Waals surface area contributed by atoms with Crippen LogP contribution in [-0.4, -0.2) is 37.2 Å². The van der Waals surface area contributed by atoms with E-state index >= 15 is 0 Å². The summed E-state index contributed by atoms with van der Waals surface area (Å²) in [5.74, 6) is -0.329. The molecule has 0 fully saturated rings. The van der Waals surface area contributed by atoms with Gasteiger partial charge in [0, 0.05) is 18.5 Å². The third-order valence-corrected chi connectivity index (χ3v) is 4.44. The first-order valence-corrected chi connectivity index (χ1v) is 9.43. The highest BCUT2D eigenvalue weighted by Crippen LogP contribution is 2.41. The summed E-state index contributed by atoms with van der Waals surface area (Å²) in [5, 5.41) is 2.59. The van der Waals surface area contributed by atoms with Gasteiger partial charge in [0.15, 0.2) is 24.7 Å². The molecule has 0 spiro atoms. The van der Waals surface area contributed by atoms with Gasteiger partial charge < -0.3 is 19.5 Å². The van der Waals surface area contributed by atoms with E-state index in [1.165, 1.54) is 6.07 Å². The Balaban J connectivity index is 1.38. The van der Waals surface area contributed by atoms with Crippen LogP contribution in [0.25, 0.3) is 0 Å². The van der Waals surface area contributed by atoms with E-state index in [1.54, 1.807) is 24.3 Å². The number of benzene rings is 2. The molecular formula is C22H24FNO5. The molecule has 3 rings (SSSR count). The summed E-state index contributed by atoms with van der Waals surface area (Å²) in [6.07, 6.45) is 1.11. The van der Waals surface area contributed by atoms with Gasteiger partial charge in [-0.2, -0.15) is 0 Å². The molecule has 7 heteroatoms. The van der Waals surface area contributed by atoms with E-state index < -0.39 is 18.5 Å². The van der Waals surface area contributed by atoms with Crippen LogP contribution in [0.15, 0.2) is 42.5 Å². The SMILES string of the molecule is CC1(C)Cc2cccc(OCC(=O)OCC(=O)NCCc3ccccc3F)c2O1. The fraction of sp³-hybridized carbons (Fsp3) is 0.364. The summed E-state index contributed by atoms with van der Waals surface area (Å²) < 4.78 is 29.8. The molecule has 29 heavy (non-hydrogen) atoms. The highest BCUT2D eigenvalue weighted by molar-refractivity contribution is 5.80. The second kappa shape index (κ2) is 8.94. The number of amides is 1. The number of rotatable bonds is 8. The summed E-state index contributed by atoms with van der Waals surface area (Å²) in [6, 6.07) is 11.9. The van der Waals surface area contributed by atoms with Crippen molar-refractivity contribution in [2.75, 3.05) is 19.8 Å². The predicted octanol–water partition coefficient (Wildman–Crippen LogP) is 2.82. The van der Waals surface area contributed by atoms with Gasteiger partial charge in [-0.1, -0.05) is 30.3 Å². The number of esters is 1. The third kappa shape index (κ3) is 5.70. The number of fused-ring (bicyclic) bond motifs is 1. The van der Waals surface area contributed by atoms with E-state index in [0.717, 1.165) is 12.0 Å². The summed E-state index contributed by atoms with van der Waals surface area (Å²) >= 11 is 0. The minimum Gasteiger partial charge on any atom is -0.483 e. The largest absolute Gasteiger partial charge is 0.483 e. The van der Waals surface area contributed by atoms with E-state index in [0.29, 0.717) is 23.5 Å². The van der Waals surface area contributed by atoms with E-state index in [-0.39, 0.29) is 24.6 Å². The zero-order valence-electron chi connectivity index (χ0n) is 16.5. The number of nitrogens with one attached hydrogen (secondary N) is 1. The van der Waals surface area contributed by atoms with Crippen LogP contribution in [0.3, 0.4) is 0 Å². The number of halogens is 1. The molecule has 1 aliphatic rings. The van der Waals surface area contributed by atoms with Gasteiger partial charge in [0.1, 0.15) is 11.4 Å². The molecule has 2 aromatic rings. The van der Waals surface area contributed by atoms with Gasteiger partial charge in [-0.15, -0.1) is 0 Å². The number of para-hydroxylation sites is 1. The van der Waals surface area contributed by atoms with Crippen molar-refractivity contribution >= 4 is 11.9 Å². The maximum Gasteiger partial charge on any atom is 0.344 e. The van der Waals surface area contributed by atoms with Gasteiger partial charge in [-0.25, -0.2) is 9.18 Å². The summed E-state index contributed by atoms with van der Waals surface area (Å²) in [4.78, 5) is 23.6. The van der Waals surface area contributed by atoms with Gasteiger partial charge in [0.2, 0.25) is 0 Å². The highest BCUT2D eigenvalue weighted by Gasteiger charge is 2.32. The average molecular weight is 401 g/mol. The van der Waals surface area contributed by atoms with Gasteiger partial charge >= 0.3 is 5.97 Å². The molecule has 1 heterocycles. The number of hydrogen-bond donors (Lipinski definition) is 1. The fourth-order valence-electron chi connectivity index (χ4n) is 3.11. The standard InChI is InChI=1S/C22H24FNO5/c1-22(2)12-16-7-5-9-18(21(16)29-22)27-14-20(26)28-13-19(25)24-11-10-15-6-3-4-8-17(15)23/h3-9H,10-14H2,1-2H3,(H,24,25). The van der Waals surface area contributed by atoms with Crippen LogP contribution in [0.2, 0.25) is 0 Å². The van der Waals surface area contributed by atoms with Gasteiger partial charge in [-0.05, 0) is 38.0 Å². The molecular weight excluding hydrogens is 377 g/mol. The van der Waals surface area contributed by atoms with Crippen molar-refractivity contribution < 1.29 is 28.2 Å². The second-order valence-electron chi connectivity index (χ2n) is 7.42. The first-order chi connectivity index (χ1) is 13.8. The minimum absolute atomic E-state index is 0.247. The van der Waals surface area contributed by atoms with Gasteiger partial charge in [-0.3, -0.25) is 4.79 Å². The molecule has 154 valence electrons. The van der Waals surface area contributed by atoms with E-state index in [1.807, 2.05) is 26.0 Å². The van der Waals surface area contributed by atoms with Gasteiger partial charge in [0.05, 0.1) is 0 Å². The van der Waals surface area contributed by atoms with Crippen molar-refractivity contribution in [3.05, 3.63) is 59.4 Å². The van der Waals surface area contributed by atoms with Crippen LogP contribution in [0.5, 0.6) is 11.5 Å². The molecule has 0 bridgehead atoms. The predicted molar refractivity (Wildman–Crippen MR) is 104 cm³/mol. The smallest absolute Gasteiger partial charge is 0.344 e. The molecule has 0 radical (unpaired) electrons. The monoisotopic (exact) mass is 401 g/mol. The fourth-order valence-corrected chi connectivity index (χ4v) is 3.11. The zero-order chi connectivity index (χ0) is 20.9. The third-order valence-electron chi connectivity index (χ3n) is 4.44. The number of carbonyl (C=O) groups excluding carboxylic acids is 2. The normalized spacial score (nSPS) is 13.9. The van der Waals surface area contributed by atoms with Crippen molar-refractivity contribution in [2.45, 2.75) is 32.3 Å². The first-order valence-electron chi connectivity index (χ1n) is 9.43. The first kappa shape index (κ1) is 20.6. The van der Waals surface area contributed by atoms with Crippen molar-refractivity contribution in [3.8, 4) is 11.5 Å². The van der Waals surface area contributed by atoms with Crippen molar-refractivity contribution in [1.82, 2.24) is 5.32 Å². The maximum absolute atomic E-state index is 13.5. The zero-order valence-corrected chi connectivity index (χ0v) is 16.5. The van der Waals surface area contributed by atoms with Gasteiger partial charge in [0.25, 0.3) is 5.91 Å². The van der Waals surface area contributed by atoms with Crippen molar-refractivity contribution in [2.24, 2.45) is 0 Å². The molecule has 1 aliphatic heterocycles. The van der Waals surface area contributed by atoms with Crippen molar-refractivity contribution in [3.63, 3.8) is 0 Å². The minimum atomic E-state index is -0.663. The Kier molecular flexibility index (Phi) is 6.36. The van der Waals surface area contributed by atoms with Crippen LogP contribution in [0, 0.1) is 5.82 Å². The Morgan fingerprint density at radius 2 is 1.93 bits per heavy atom. The summed E-state index contributed by atoms with van der Waals surface area (Å²) in [7, 11) is 0. The molecule has 6 nitrogen and oxygen atoms in total. The Labute approximate surface area is 169 Å². The number of hydrogen-bond acceptors (Lipinski definition) is 5. The molecule has 1 amide bonds. The van der Waals surface area contributed by atoms with E-state index in [9.17, 15) is 14.0 Å². The number of ether oxygens (including phenoxy) is 3. The summed E-state index contributed by atoms with van der Waals surface area (Å²) in [6.45, 7) is 3.46. The van der Waals surface area contributed by atoms with E-state index in [2.05, 4.69) is 5.32 Å². The number of carbonyl (C=O) groups is 2. The average Bonchev–Trinajstić information content (AvgIpc) is 3.00.